The molecule has 15 heteroatoms. The van der Waals surface area contributed by atoms with E-state index in [1.807, 2.05) is 11.9 Å². The molecule has 200 valence electrons. The first kappa shape index (κ1) is 29.1. The number of nitrogens with one attached hydrogen (secondary N) is 1. The van der Waals surface area contributed by atoms with Gasteiger partial charge in [-0.2, -0.15) is 13.2 Å². The maximum absolute atomic E-state index is 13.6. The van der Waals surface area contributed by atoms with Gasteiger partial charge >= 0.3 is 6.18 Å². The fourth-order valence-corrected chi connectivity index (χ4v) is 10.3. The molecular formula is C22H17BrCl3F3N2O3S3. The standard InChI is InChI=1S/C22H17BrCl3F3N2O3S3/c1-31-5-4-14(10-31)34-17-9-13(2-3-16(17)22(27,28)29)30-37(32,33)19-18(23)21(36-20(19)26)35-15-7-11(24)6-12(25)8-15/h2-3,6-9,14,30H,4-5,10H2,1H3. The van der Waals surface area contributed by atoms with E-state index in [4.69, 9.17) is 39.5 Å². The summed E-state index contributed by atoms with van der Waals surface area (Å²) in [5.74, 6) is -0.447. The lowest BCUT2D eigenvalue weighted by molar-refractivity contribution is -0.139. The molecule has 1 unspecified atom stereocenters. The number of likely N-dealkylation sites (tertiary alicyclic amines) is 1. The van der Waals surface area contributed by atoms with Crippen molar-refractivity contribution < 1.29 is 26.3 Å². The Balaban J connectivity index is 1.63. The van der Waals surface area contributed by atoms with Crippen molar-refractivity contribution >= 4 is 89.5 Å². The molecule has 1 N–H and O–H groups in total. The third kappa shape index (κ3) is 7.02. The van der Waals surface area contributed by atoms with Gasteiger partial charge in [-0.25, -0.2) is 8.42 Å². The van der Waals surface area contributed by atoms with E-state index >= 15 is 0 Å². The molecular weight excluding hydrogens is 680 g/mol. The fraction of sp³-hybridized carbons (Fsp3) is 0.273. The molecule has 0 spiro atoms. The Labute approximate surface area is 243 Å². The highest BCUT2D eigenvalue weighted by Crippen LogP contribution is 2.48. The average molecular weight is 697 g/mol. The Kier molecular flexibility index (Phi) is 8.92. The van der Waals surface area contributed by atoms with Crippen molar-refractivity contribution in [3.05, 3.63) is 60.8 Å². The summed E-state index contributed by atoms with van der Waals surface area (Å²) in [7, 11) is -2.45. The van der Waals surface area contributed by atoms with Crippen LogP contribution >= 0.6 is 73.8 Å². The van der Waals surface area contributed by atoms with E-state index in [1.54, 1.807) is 18.2 Å². The van der Waals surface area contributed by atoms with Crippen LogP contribution in [0.1, 0.15) is 12.0 Å². The van der Waals surface area contributed by atoms with Crippen LogP contribution in [0.25, 0.3) is 0 Å². The lowest BCUT2D eigenvalue weighted by Crippen LogP contribution is -2.23. The molecule has 1 aromatic heterocycles. The van der Waals surface area contributed by atoms with Gasteiger partial charge in [-0.3, -0.25) is 4.72 Å². The number of thiophene rings is 1. The van der Waals surface area contributed by atoms with Crippen LogP contribution < -0.4 is 9.46 Å². The molecule has 0 amide bonds. The molecule has 0 radical (unpaired) electrons. The minimum atomic E-state index is -4.67. The highest BCUT2D eigenvalue weighted by molar-refractivity contribution is 9.10. The molecule has 0 saturated carbocycles. The van der Waals surface area contributed by atoms with Crippen molar-refractivity contribution in [3.63, 3.8) is 0 Å². The molecule has 37 heavy (non-hydrogen) atoms. The Morgan fingerprint density at radius 2 is 1.84 bits per heavy atom. The van der Waals surface area contributed by atoms with E-state index in [-0.39, 0.29) is 19.4 Å². The van der Waals surface area contributed by atoms with Gasteiger partial charge in [-0.05, 0) is 59.7 Å². The second kappa shape index (κ2) is 11.3. The summed E-state index contributed by atoms with van der Waals surface area (Å²) in [5, 5.41) is 0.820. The summed E-state index contributed by atoms with van der Waals surface area (Å²) in [6.45, 7) is 1.15. The lowest BCUT2D eigenvalue weighted by atomic mass is 10.1. The summed E-state index contributed by atoms with van der Waals surface area (Å²) in [6, 6.07) is 7.76. The minimum absolute atomic E-state index is 0.0348. The zero-order valence-electron chi connectivity index (χ0n) is 18.7. The molecule has 0 aliphatic carbocycles. The smallest absolute Gasteiger partial charge is 0.419 e. The van der Waals surface area contributed by atoms with Crippen molar-refractivity contribution in [2.75, 3.05) is 24.9 Å². The van der Waals surface area contributed by atoms with Gasteiger partial charge < -0.3 is 9.64 Å². The number of hydrogen-bond acceptors (Lipinski definition) is 6. The highest BCUT2D eigenvalue weighted by atomic mass is 79.9. The van der Waals surface area contributed by atoms with E-state index in [9.17, 15) is 21.6 Å². The number of nitrogens with zero attached hydrogens (tertiary/aromatic N) is 1. The third-order valence-corrected chi connectivity index (χ3v) is 11.5. The number of halogens is 7. The Bertz CT molecular complexity index is 1420. The van der Waals surface area contributed by atoms with Crippen LogP contribution in [-0.2, 0) is 16.2 Å². The SMILES string of the molecule is CN1CCC(Oc2cc(NS(=O)(=O)c3c(Cl)sc(Sc4cc(Cl)cc(Cl)c4)c3Br)ccc2C(F)(F)F)C1. The fourth-order valence-electron chi connectivity index (χ4n) is 3.63. The van der Waals surface area contributed by atoms with Crippen LogP contribution in [0.3, 0.4) is 0 Å². The van der Waals surface area contributed by atoms with Crippen LogP contribution in [0.15, 0.2) is 54.9 Å². The Morgan fingerprint density at radius 1 is 1.16 bits per heavy atom. The minimum Gasteiger partial charge on any atom is -0.488 e. The van der Waals surface area contributed by atoms with Crippen molar-refractivity contribution in [1.82, 2.24) is 4.90 Å². The number of ether oxygens (including phenoxy) is 1. The van der Waals surface area contributed by atoms with Crippen LogP contribution in [0.5, 0.6) is 5.75 Å². The number of rotatable bonds is 7. The van der Waals surface area contributed by atoms with Crippen molar-refractivity contribution in [1.29, 1.82) is 0 Å². The number of alkyl halides is 3. The molecule has 1 atom stereocenters. The molecule has 0 bridgehead atoms. The number of anilines is 1. The number of sulfonamides is 1. The first-order valence-electron chi connectivity index (χ1n) is 10.4. The summed E-state index contributed by atoms with van der Waals surface area (Å²) >= 11 is 23.9. The van der Waals surface area contributed by atoms with Crippen molar-refractivity contribution in [3.8, 4) is 5.75 Å². The van der Waals surface area contributed by atoms with Crippen LogP contribution in [0.4, 0.5) is 18.9 Å². The first-order chi connectivity index (χ1) is 17.2. The summed E-state index contributed by atoms with van der Waals surface area (Å²) in [6.07, 6.45) is -4.57. The summed E-state index contributed by atoms with van der Waals surface area (Å²) in [5.41, 5.74) is -1.09. The molecule has 5 nitrogen and oxygen atoms in total. The molecule has 4 rings (SSSR count). The predicted octanol–water partition coefficient (Wildman–Crippen LogP) is 8.52. The molecule has 2 aromatic carbocycles. The molecule has 1 saturated heterocycles. The van der Waals surface area contributed by atoms with Crippen LogP contribution in [0, 0.1) is 0 Å². The van der Waals surface area contributed by atoms with E-state index in [0.717, 1.165) is 29.5 Å². The maximum atomic E-state index is 13.6. The molecule has 1 aliphatic rings. The summed E-state index contributed by atoms with van der Waals surface area (Å²) < 4.78 is 76.0. The topological polar surface area (TPSA) is 58.6 Å². The van der Waals surface area contributed by atoms with Gasteiger partial charge in [-0.1, -0.05) is 46.6 Å². The van der Waals surface area contributed by atoms with Gasteiger partial charge in [0.25, 0.3) is 10.0 Å². The second-order valence-electron chi connectivity index (χ2n) is 8.12. The summed E-state index contributed by atoms with van der Waals surface area (Å²) in [4.78, 5) is 2.36. The van der Waals surface area contributed by atoms with E-state index < -0.39 is 33.6 Å². The highest BCUT2D eigenvalue weighted by Gasteiger charge is 2.36. The maximum Gasteiger partial charge on any atom is 0.419 e. The van der Waals surface area contributed by atoms with E-state index in [2.05, 4.69) is 20.7 Å². The van der Waals surface area contributed by atoms with Crippen LogP contribution in [-0.4, -0.2) is 39.6 Å². The van der Waals surface area contributed by atoms with Gasteiger partial charge in [0.15, 0.2) is 0 Å². The number of likely N-dealkylation sites (N-methyl/N-ethyl adjacent to an activating group) is 1. The molecule has 2 heterocycles. The van der Waals surface area contributed by atoms with Gasteiger partial charge in [0.1, 0.15) is 21.1 Å². The van der Waals surface area contributed by atoms with Crippen molar-refractivity contribution in [2.45, 2.75) is 32.7 Å². The van der Waals surface area contributed by atoms with Gasteiger partial charge in [-0.15, -0.1) is 11.3 Å². The van der Waals surface area contributed by atoms with Crippen LogP contribution in [0.2, 0.25) is 14.4 Å². The Morgan fingerprint density at radius 3 is 2.43 bits per heavy atom. The monoisotopic (exact) mass is 694 g/mol. The zero-order valence-corrected chi connectivity index (χ0v) is 25.0. The zero-order chi connectivity index (χ0) is 27.1. The molecule has 3 aromatic rings. The van der Waals surface area contributed by atoms with Gasteiger partial charge in [0.2, 0.25) is 0 Å². The van der Waals surface area contributed by atoms with E-state index in [1.165, 1.54) is 11.8 Å². The van der Waals surface area contributed by atoms with Crippen molar-refractivity contribution in [2.24, 2.45) is 0 Å². The largest absolute Gasteiger partial charge is 0.488 e. The normalized spacial score (nSPS) is 16.8. The Hall–Kier alpha value is -0.860. The number of hydrogen-bond donors (Lipinski definition) is 1. The first-order valence-corrected chi connectivity index (χ1v) is 15.5. The second-order valence-corrected chi connectivity index (χ2v) is 14.4. The van der Waals surface area contributed by atoms with E-state index in [0.29, 0.717) is 38.7 Å². The average Bonchev–Trinajstić information content (AvgIpc) is 3.28. The third-order valence-electron chi connectivity index (χ3n) is 5.24. The molecule has 1 fully saturated rings. The van der Waals surface area contributed by atoms with Gasteiger partial charge in [0, 0.05) is 34.1 Å². The van der Waals surface area contributed by atoms with Gasteiger partial charge in [0.05, 0.1) is 19.9 Å². The predicted molar refractivity (Wildman–Crippen MR) is 146 cm³/mol. The quantitative estimate of drug-likeness (QED) is 0.269. The number of benzene rings is 2. The molecule has 1 aliphatic heterocycles. The lowest BCUT2D eigenvalue weighted by Gasteiger charge is -2.19.